The van der Waals surface area contributed by atoms with Crippen molar-refractivity contribution in [1.29, 1.82) is 0 Å². The molecule has 0 heterocycles. The summed E-state index contributed by atoms with van der Waals surface area (Å²) in [5.41, 5.74) is 2.42. The van der Waals surface area contributed by atoms with Crippen molar-refractivity contribution < 1.29 is 9.47 Å². The zero-order valence-corrected chi connectivity index (χ0v) is 12.9. The van der Waals surface area contributed by atoms with E-state index < -0.39 is 0 Å². The number of methoxy groups -OCH3 is 1. The Bertz CT molecular complexity index is 419. The number of benzene rings is 1. The summed E-state index contributed by atoms with van der Waals surface area (Å²) in [7, 11) is 3.68. The van der Waals surface area contributed by atoms with Crippen molar-refractivity contribution >= 4 is 0 Å². The standard InChI is InChI=1S/C17H27NO2/c1-13-5-4-6-16(9-13)20-12-15-10-14(11-18-2)7-8-17(15)19-3/h7-8,10,13,16,18H,4-6,9,11-12H2,1-3H3. The van der Waals surface area contributed by atoms with Gasteiger partial charge >= 0.3 is 0 Å². The zero-order valence-electron chi connectivity index (χ0n) is 12.9. The minimum Gasteiger partial charge on any atom is -0.496 e. The number of hydrogen-bond acceptors (Lipinski definition) is 3. The summed E-state index contributed by atoms with van der Waals surface area (Å²) in [6.45, 7) is 3.85. The van der Waals surface area contributed by atoms with Gasteiger partial charge in [0.25, 0.3) is 0 Å². The molecule has 0 amide bonds. The van der Waals surface area contributed by atoms with Gasteiger partial charge in [0.1, 0.15) is 5.75 Å². The second-order valence-corrected chi connectivity index (χ2v) is 5.88. The summed E-state index contributed by atoms with van der Waals surface area (Å²) in [5, 5.41) is 3.18. The van der Waals surface area contributed by atoms with Gasteiger partial charge in [0.15, 0.2) is 0 Å². The molecule has 1 N–H and O–H groups in total. The number of rotatable bonds is 6. The third-order valence-electron chi connectivity index (χ3n) is 4.09. The van der Waals surface area contributed by atoms with Gasteiger partial charge in [-0.2, -0.15) is 0 Å². The van der Waals surface area contributed by atoms with Gasteiger partial charge in [-0.25, -0.2) is 0 Å². The van der Waals surface area contributed by atoms with Crippen molar-refractivity contribution in [1.82, 2.24) is 5.32 Å². The molecule has 1 aromatic carbocycles. The van der Waals surface area contributed by atoms with Crippen LogP contribution in [-0.4, -0.2) is 20.3 Å². The molecule has 1 fully saturated rings. The van der Waals surface area contributed by atoms with Crippen molar-refractivity contribution in [2.45, 2.75) is 51.9 Å². The largest absolute Gasteiger partial charge is 0.496 e. The first-order valence-electron chi connectivity index (χ1n) is 7.65. The average molecular weight is 277 g/mol. The number of hydrogen-bond donors (Lipinski definition) is 1. The van der Waals surface area contributed by atoms with Crippen LogP contribution in [0.2, 0.25) is 0 Å². The van der Waals surface area contributed by atoms with Crippen LogP contribution in [0.25, 0.3) is 0 Å². The highest BCUT2D eigenvalue weighted by molar-refractivity contribution is 5.36. The molecule has 3 heteroatoms. The maximum absolute atomic E-state index is 6.11. The molecular weight excluding hydrogens is 250 g/mol. The Morgan fingerprint density at radius 1 is 1.30 bits per heavy atom. The molecule has 2 rings (SSSR count). The Hall–Kier alpha value is -1.06. The minimum atomic E-state index is 0.413. The fourth-order valence-electron chi connectivity index (χ4n) is 3.00. The highest BCUT2D eigenvalue weighted by Crippen LogP contribution is 2.28. The Labute approximate surface area is 122 Å². The Morgan fingerprint density at radius 2 is 2.15 bits per heavy atom. The number of ether oxygens (including phenoxy) is 2. The van der Waals surface area contributed by atoms with E-state index in [-0.39, 0.29) is 0 Å². The smallest absolute Gasteiger partial charge is 0.124 e. The second kappa shape index (κ2) is 7.65. The molecule has 0 aromatic heterocycles. The van der Waals surface area contributed by atoms with Gasteiger partial charge in [-0.15, -0.1) is 0 Å². The first-order chi connectivity index (χ1) is 9.72. The Morgan fingerprint density at radius 3 is 2.85 bits per heavy atom. The van der Waals surface area contributed by atoms with E-state index in [1.807, 2.05) is 13.1 Å². The van der Waals surface area contributed by atoms with Crippen LogP contribution in [0, 0.1) is 5.92 Å². The molecule has 2 atom stereocenters. The minimum absolute atomic E-state index is 0.413. The van der Waals surface area contributed by atoms with E-state index in [1.54, 1.807) is 7.11 Å². The molecule has 3 nitrogen and oxygen atoms in total. The van der Waals surface area contributed by atoms with Crippen LogP contribution in [0.3, 0.4) is 0 Å². The highest BCUT2D eigenvalue weighted by atomic mass is 16.5. The quantitative estimate of drug-likeness (QED) is 0.863. The van der Waals surface area contributed by atoms with Gasteiger partial charge < -0.3 is 14.8 Å². The summed E-state index contributed by atoms with van der Waals surface area (Å²) in [5.74, 6) is 1.72. The summed E-state index contributed by atoms with van der Waals surface area (Å²) in [6, 6.07) is 6.32. The third kappa shape index (κ3) is 4.22. The van der Waals surface area contributed by atoms with E-state index in [9.17, 15) is 0 Å². The predicted molar refractivity (Wildman–Crippen MR) is 82.0 cm³/mol. The highest BCUT2D eigenvalue weighted by Gasteiger charge is 2.19. The average Bonchev–Trinajstić information content (AvgIpc) is 2.46. The van der Waals surface area contributed by atoms with Crippen LogP contribution in [0.5, 0.6) is 5.75 Å². The van der Waals surface area contributed by atoms with E-state index in [0.29, 0.717) is 12.7 Å². The van der Waals surface area contributed by atoms with Crippen LogP contribution >= 0.6 is 0 Å². The van der Waals surface area contributed by atoms with Crippen molar-refractivity contribution in [3.8, 4) is 5.75 Å². The van der Waals surface area contributed by atoms with Crippen LogP contribution < -0.4 is 10.1 Å². The molecule has 20 heavy (non-hydrogen) atoms. The van der Waals surface area contributed by atoms with E-state index in [1.165, 1.54) is 31.2 Å². The lowest BCUT2D eigenvalue weighted by Crippen LogP contribution is -2.21. The molecule has 0 radical (unpaired) electrons. The maximum Gasteiger partial charge on any atom is 0.124 e. The molecule has 1 aliphatic rings. The lowest BCUT2D eigenvalue weighted by molar-refractivity contribution is 0.00392. The summed E-state index contributed by atoms with van der Waals surface area (Å²) >= 11 is 0. The van der Waals surface area contributed by atoms with Gasteiger partial charge in [0, 0.05) is 12.1 Å². The fourth-order valence-corrected chi connectivity index (χ4v) is 3.00. The van der Waals surface area contributed by atoms with E-state index in [2.05, 4.69) is 24.4 Å². The van der Waals surface area contributed by atoms with Crippen LogP contribution in [-0.2, 0) is 17.9 Å². The van der Waals surface area contributed by atoms with Gasteiger partial charge in [-0.3, -0.25) is 0 Å². The van der Waals surface area contributed by atoms with Crippen molar-refractivity contribution in [3.63, 3.8) is 0 Å². The lowest BCUT2D eigenvalue weighted by atomic mass is 9.89. The van der Waals surface area contributed by atoms with Crippen LogP contribution in [0.4, 0.5) is 0 Å². The molecule has 112 valence electrons. The van der Waals surface area contributed by atoms with Gasteiger partial charge in [0.05, 0.1) is 19.8 Å². The fraction of sp³-hybridized carbons (Fsp3) is 0.647. The predicted octanol–water partition coefficient (Wildman–Crippen LogP) is 3.51. The third-order valence-corrected chi connectivity index (χ3v) is 4.09. The molecule has 0 saturated heterocycles. The zero-order chi connectivity index (χ0) is 14.4. The molecule has 0 spiro atoms. The van der Waals surface area contributed by atoms with E-state index in [4.69, 9.17) is 9.47 Å². The van der Waals surface area contributed by atoms with Crippen LogP contribution in [0.1, 0.15) is 43.7 Å². The summed E-state index contributed by atoms with van der Waals surface area (Å²) in [4.78, 5) is 0. The monoisotopic (exact) mass is 277 g/mol. The molecule has 2 unspecified atom stereocenters. The maximum atomic E-state index is 6.11. The Balaban J connectivity index is 1.97. The first-order valence-corrected chi connectivity index (χ1v) is 7.65. The van der Waals surface area contributed by atoms with Crippen molar-refractivity contribution in [2.24, 2.45) is 5.92 Å². The van der Waals surface area contributed by atoms with Gasteiger partial charge in [0.2, 0.25) is 0 Å². The lowest BCUT2D eigenvalue weighted by Gasteiger charge is -2.27. The molecule has 1 aliphatic carbocycles. The summed E-state index contributed by atoms with van der Waals surface area (Å²) < 4.78 is 11.6. The van der Waals surface area contributed by atoms with Gasteiger partial charge in [-0.05, 0) is 43.5 Å². The first kappa shape index (κ1) is 15.3. The molecule has 0 aliphatic heterocycles. The van der Waals surface area contributed by atoms with Crippen molar-refractivity contribution in [2.75, 3.05) is 14.2 Å². The number of nitrogens with one attached hydrogen (secondary N) is 1. The van der Waals surface area contributed by atoms with E-state index in [0.717, 1.165) is 23.8 Å². The molecule has 1 aromatic rings. The van der Waals surface area contributed by atoms with E-state index >= 15 is 0 Å². The molecular formula is C17H27NO2. The molecule has 1 saturated carbocycles. The normalized spacial score (nSPS) is 22.8. The van der Waals surface area contributed by atoms with Crippen molar-refractivity contribution in [3.05, 3.63) is 29.3 Å². The topological polar surface area (TPSA) is 30.5 Å². The van der Waals surface area contributed by atoms with Gasteiger partial charge in [-0.1, -0.05) is 25.8 Å². The Kier molecular flexibility index (Phi) is 5.86. The second-order valence-electron chi connectivity index (χ2n) is 5.88. The van der Waals surface area contributed by atoms with Crippen LogP contribution in [0.15, 0.2) is 18.2 Å². The SMILES string of the molecule is CNCc1ccc(OC)c(COC2CCCC(C)C2)c1. The molecule has 0 bridgehead atoms. The summed E-state index contributed by atoms with van der Waals surface area (Å²) in [6.07, 6.45) is 5.45.